The maximum atomic E-state index is 13.3. The van der Waals surface area contributed by atoms with Gasteiger partial charge in [-0.25, -0.2) is 8.78 Å². The van der Waals surface area contributed by atoms with Gasteiger partial charge in [-0.2, -0.15) is 8.78 Å². The fourth-order valence-electron chi connectivity index (χ4n) is 1.44. The molecule has 1 aromatic rings. The molecular weight excluding hydrogens is 340 g/mol. The van der Waals surface area contributed by atoms with Crippen LogP contribution in [0.25, 0.3) is 0 Å². The summed E-state index contributed by atoms with van der Waals surface area (Å²) < 4.78 is 61.6. The molecule has 0 aliphatic heterocycles. The van der Waals surface area contributed by atoms with Crippen molar-refractivity contribution in [2.24, 2.45) is 0 Å². The van der Waals surface area contributed by atoms with Crippen LogP contribution >= 0.6 is 12.0 Å². The zero-order valence-electron chi connectivity index (χ0n) is 12.5. The highest BCUT2D eigenvalue weighted by molar-refractivity contribution is 7.96. The number of rotatable bonds is 8. The summed E-state index contributed by atoms with van der Waals surface area (Å²) in [6.07, 6.45) is 0.0837. The highest BCUT2D eigenvalue weighted by Crippen LogP contribution is 2.29. The monoisotopic (exact) mass is 356 g/mol. The van der Waals surface area contributed by atoms with E-state index in [-0.39, 0.29) is 30.4 Å². The Balaban J connectivity index is 2.53. The highest BCUT2D eigenvalue weighted by atomic mass is 32.2. The van der Waals surface area contributed by atoms with Crippen molar-refractivity contribution in [2.75, 3.05) is 13.2 Å². The molecule has 0 aromatic heterocycles. The van der Waals surface area contributed by atoms with E-state index in [1.165, 1.54) is 0 Å². The molecular formula is C14H16F4O4S. The molecule has 1 aromatic carbocycles. The Labute approximate surface area is 135 Å². The highest BCUT2D eigenvalue weighted by Gasteiger charge is 2.23. The Bertz CT molecular complexity index is 540. The van der Waals surface area contributed by atoms with Crippen LogP contribution in [0.15, 0.2) is 6.07 Å². The van der Waals surface area contributed by atoms with E-state index in [0.29, 0.717) is 6.42 Å². The molecule has 23 heavy (non-hydrogen) atoms. The fourth-order valence-corrected chi connectivity index (χ4v) is 2.10. The molecule has 0 aliphatic rings. The summed E-state index contributed by atoms with van der Waals surface area (Å²) in [5, 5.41) is 8.83. The molecule has 1 N–H and O–H groups in total. The number of benzene rings is 1. The van der Waals surface area contributed by atoms with Gasteiger partial charge in [0.05, 0.1) is 13.0 Å². The van der Waals surface area contributed by atoms with Crippen molar-refractivity contribution in [2.45, 2.75) is 31.4 Å². The number of carbonyl (C=O) groups is 1. The number of halogens is 4. The summed E-state index contributed by atoms with van der Waals surface area (Å²) in [4.78, 5) is 11.5. The minimum absolute atomic E-state index is 0.0188. The molecule has 1 rings (SSSR count). The second kappa shape index (κ2) is 8.51. The van der Waals surface area contributed by atoms with Gasteiger partial charge in [-0.05, 0) is 32.3 Å². The van der Waals surface area contributed by atoms with Crippen LogP contribution in [0.5, 0.6) is 5.75 Å². The topological polar surface area (TPSA) is 55.8 Å². The number of aliphatic hydroxyl groups is 1. The first-order valence-electron chi connectivity index (χ1n) is 6.63. The van der Waals surface area contributed by atoms with Gasteiger partial charge in [0, 0.05) is 17.4 Å². The fraction of sp³-hybridized carbons (Fsp3) is 0.500. The van der Waals surface area contributed by atoms with E-state index in [1.54, 1.807) is 0 Å². The van der Waals surface area contributed by atoms with Crippen molar-refractivity contribution < 1.29 is 36.4 Å². The molecule has 0 heterocycles. The molecule has 9 heteroatoms. The van der Waals surface area contributed by atoms with E-state index >= 15 is 0 Å². The third-order valence-corrected chi connectivity index (χ3v) is 3.62. The molecule has 4 nitrogen and oxygen atoms in total. The first-order chi connectivity index (χ1) is 10.7. The molecule has 0 amide bonds. The smallest absolute Gasteiger partial charge is 0.313 e. The number of ether oxygens (including phenoxy) is 1. The minimum Gasteiger partial charge on any atom is -0.420 e. The lowest BCUT2D eigenvalue weighted by molar-refractivity contribution is -0.135. The molecule has 0 saturated heterocycles. The number of aliphatic hydroxyl groups excluding tert-OH is 1. The van der Waals surface area contributed by atoms with Crippen LogP contribution in [-0.2, 0) is 8.98 Å². The number of esters is 1. The average molecular weight is 356 g/mol. The lowest BCUT2D eigenvalue weighted by atomic mass is 10.1. The van der Waals surface area contributed by atoms with E-state index in [9.17, 15) is 22.4 Å². The second-order valence-corrected chi connectivity index (χ2v) is 6.67. The van der Waals surface area contributed by atoms with Gasteiger partial charge in [0.2, 0.25) is 17.4 Å². The van der Waals surface area contributed by atoms with Crippen molar-refractivity contribution in [1.82, 2.24) is 0 Å². The van der Waals surface area contributed by atoms with Crippen molar-refractivity contribution in [3.8, 4) is 5.75 Å². The van der Waals surface area contributed by atoms with E-state index in [4.69, 9.17) is 9.29 Å². The number of hydrogen-bond donors (Lipinski definition) is 1. The molecule has 0 aliphatic carbocycles. The Morgan fingerprint density at radius 1 is 1.22 bits per heavy atom. The normalized spacial score (nSPS) is 11.6. The van der Waals surface area contributed by atoms with E-state index < -0.39 is 35.0 Å². The molecule has 0 radical (unpaired) electrons. The van der Waals surface area contributed by atoms with Crippen LogP contribution in [-0.4, -0.2) is 29.0 Å². The average Bonchev–Trinajstić information content (AvgIpc) is 2.46. The lowest BCUT2D eigenvalue weighted by Crippen LogP contribution is -2.18. The summed E-state index contributed by atoms with van der Waals surface area (Å²) in [5.41, 5.74) is 0. The Hall–Kier alpha value is -1.32. The molecule has 0 atom stereocenters. The largest absolute Gasteiger partial charge is 0.420 e. The minimum atomic E-state index is -1.78. The van der Waals surface area contributed by atoms with Gasteiger partial charge in [-0.1, -0.05) is 0 Å². The van der Waals surface area contributed by atoms with Crippen LogP contribution in [0, 0.1) is 23.3 Å². The van der Waals surface area contributed by atoms with Gasteiger partial charge >= 0.3 is 5.97 Å². The standard InChI is InChI=1S/C14H16F4O4S/c1-14(2,4-5-19)23-21-6-3-10(20)22-13-11(17)8(15)7-9(16)12(13)18/h7,19H,3-6H2,1-2H3. The van der Waals surface area contributed by atoms with Crippen molar-refractivity contribution in [3.63, 3.8) is 0 Å². The van der Waals surface area contributed by atoms with E-state index in [1.807, 2.05) is 13.8 Å². The number of carbonyl (C=O) groups excluding carboxylic acids is 1. The molecule has 0 bridgehead atoms. The van der Waals surface area contributed by atoms with Crippen LogP contribution in [0.4, 0.5) is 17.6 Å². The molecule has 0 unspecified atom stereocenters. The van der Waals surface area contributed by atoms with Gasteiger partial charge in [-0.3, -0.25) is 4.79 Å². The Morgan fingerprint density at radius 2 is 1.78 bits per heavy atom. The summed E-state index contributed by atoms with van der Waals surface area (Å²) >= 11 is 1.03. The van der Waals surface area contributed by atoms with Gasteiger partial charge in [0.25, 0.3) is 0 Å². The van der Waals surface area contributed by atoms with Crippen molar-refractivity contribution in [1.29, 1.82) is 0 Å². The van der Waals surface area contributed by atoms with Crippen LogP contribution in [0.1, 0.15) is 26.7 Å². The SMILES string of the molecule is CC(C)(CCO)SOCCC(=O)Oc1c(F)c(F)cc(F)c1F. The lowest BCUT2D eigenvalue weighted by Gasteiger charge is -2.21. The summed E-state index contributed by atoms with van der Waals surface area (Å²) in [6, 6.07) is 0.0188. The molecule has 0 fully saturated rings. The van der Waals surface area contributed by atoms with Crippen molar-refractivity contribution >= 4 is 18.0 Å². The van der Waals surface area contributed by atoms with Gasteiger partial charge in [-0.15, -0.1) is 0 Å². The predicted octanol–water partition coefficient (Wildman–Crippen LogP) is 3.36. The second-order valence-electron chi connectivity index (χ2n) is 5.16. The summed E-state index contributed by atoms with van der Waals surface area (Å²) in [7, 11) is 0. The Morgan fingerprint density at radius 3 is 2.30 bits per heavy atom. The van der Waals surface area contributed by atoms with Crippen molar-refractivity contribution in [3.05, 3.63) is 29.3 Å². The summed E-state index contributed by atoms with van der Waals surface area (Å²) in [6.45, 7) is 3.45. The maximum absolute atomic E-state index is 13.3. The quantitative estimate of drug-likeness (QED) is 0.193. The third kappa shape index (κ3) is 6.00. The maximum Gasteiger partial charge on any atom is 0.313 e. The van der Waals surface area contributed by atoms with Crippen LogP contribution < -0.4 is 4.74 Å². The third-order valence-electron chi connectivity index (χ3n) is 2.68. The number of hydrogen-bond acceptors (Lipinski definition) is 5. The van der Waals surface area contributed by atoms with Gasteiger partial charge in [0.15, 0.2) is 11.6 Å². The van der Waals surface area contributed by atoms with Gasteiger partial charge < -0.3 is 14.0 Å². The molecule has 0 spiro atoms. The first-order valence-corrected chi connectivity index (χ1v) is 7.37. The summed E-state index contributed by atoms with van der Waals surface area (Å²) in [5.74, 6) is -9.41. The van der Waals surface area contributed by atoms with E-state index in [2.05, 4.69) is 4.74 Å². The van der Waals surface area contributed by atoms with E-state index in [0.717, 1.165) is 12.0 Å². The zero-order valence-corrected chi connectivity index (χ0v) is 13.3. The molecule has 0 saturated carbocycles. The zero-order chi connectivity index (χ0) is 17.6. The predicted molar refractivity (Wildman–Crippen MR) is 75.9 cm³/mol. The first kappa shape index (κ1) is 19.7. The Kier molecular flexibility index (Phi) is 7.30. The van der Waals surface area contributed by atoms with Crippen LogP contribution in [0.3, 0.4) is 0 Å². The van der Waals surface area contributed by atoms with Gasteiger partial charge in [0.1, 0.15) is 0 Å². The van der Waals surface area contributed by atoms with Crippen LogP contribution in [0.2, 0.25) is 0 Å². The molecule has 130 valence electrons.